The maximum Gasteiger partial charge on any atom is 0.107 e. The van der Waals surface area contributed by atoms with Gasteiger partial charge < -0.3 is 0 Å². The summed E-state index contributed by atoms with van der Waals surface area (Å²) in [6.07, 6.45) is 2.74. The normalized spacial score (nSPS) is 22.9. The Morgan fingerprint density at radius 3 is 2.82 bits per heavy atom. The quantitative estimate of drug-likeness (QED) is 0.798. The van der Waals surface area contributed by atoms with Gasteiger partial charge in [0, 0.05) is 17.3 Å². The maximum absolute atomic E-state index is 4.78. The van der Waals surface area contributed by atoms with Crippen LogP contribution in [-0.2, 0) is 12.0 Å². The van der Waals surface area contributed by atoms with Gasteiger partial charge in [-0.05, 0) is 25.3 Å². The molecule has 0 radical (unpaired) electrons. The maximum atomic E-state index is 4.78. The largest absolute Gasteiger partial charge is 0.296 e. The molecule has 1 aromatic rings. The average Bonchev–Trinajstić information content (AvgIpc) is 2.65. The molecule has 1 aliphatic heterocycles. The molecule has 0 amide bonds. The lowest BCUT2D eigenvalue weighted by atomic mass is 9.93. The van der Waals surface area contributed by atoms with Crippen LogP contribution in [0.15, 0.2) is 5.38 Å². The Morgan fingerprint density at radius 2 is 2.24 bits per heavy atom. The minimum Gasteiger partial charge on any atom is -0.296 e. The number of likely N-dealkylation sites (tertiary alicyclic amines) is 1. The van der Waals surface area contributed by atoms with E-state index < -0.39 is 0 Å². The van der Waals surface area contributed by atoms with E-state index in [1.54, 1.807) is 0 Å². The van der Waals surface area contributed by atoms with Crippen molar-refractivity contribution in [3.63, 3.8) is 0 Å². The van der Waals surface area contributed by atoms with Gasteiger partial charge in [0.2, 0.25) is 0 Å². The summed E-state index contributed by atoms with van der Waals surface area (Å²) in [6, 6.07) is 0. The van der Waals surface area contributed by atoms with Crippen molar-refractivity contribution in [1.29, 1.82) is 0 Å². The number of hydrogen-bond acceptors (Lipinski definition) is 3. The van der Waals surface area contributed by atoms with Crippen LogP contribution in [0.1, 0.15) is 51.2 Å². The summed E-state index contributed by atoms with van der Waals surface area (Å²) in [5.74, 6) is 0.853. The summed E-state index contributed by atoms with van der Waals surface area (Å²) in [4.78, 5) is 7.33. The van der Waals surface area contributed by atoms with E-state index in [9.17, 15) is 0 Å². The molecule has 0 saturated carbocycles. The van der Waals surface area contributed by atoms with Crippen LogP contribution in [0.4, 0.5) is 0 Å². The molecule has 1 aliphatic rings. The molecule has 0 aliphatic carbocycles. The number of rotatable bonds is 2. The smallest absolute Gasteiger partial charge is 0.107 e. The second-order valence-electron chi connectivity index (χ2n) is 6.36. The highest BCUT2D eigenvalue weighted by Gasteiger charge is 2.20. The van der Waals surface area contributed by atoms with E-state index in [1.165, 1.54) is 36.6 Å². The Labute approximate surface area is 109 Å². The standard InChI is InChI=1S/C14H24N2S/c1-11-6-5-7-16(8-11)9-13-15-12(10-17-13)14(2,3)4/h10-11H,5-9H2,1-4H3. The van der Waals surface area contributed by atoms with Gasteiger partial charge in [-0.2, -0.15) is 0 Å². The molecule has 1 saturated heterocycles. The minimum absolute atomic E-state index is 0.184. The topological polar surface area (TPSA) is 16.1 Å². The van der Waals surface area contributed by atoms with E-state index in [0.29, 0.717) is 0 Å². The van der Waals surface area contributed by atoms with E-state index in [0.717, 1.165) is 12.5 Å². The molecular weight excluding hydrogens is 228 g/mol. The predicted octanol–water partition coefficient (Wildman–Crippen LogP) is 3.67. The highest BCUT2D eigenvalue weighted by Crippen LogP contribution is 2.25. The van der Waals surface area contributed by atoms with Crippen molar-refractivity contribution in [1.82, 2.24) is 9.88 Å². The molecule has 1 unspecified atom stereocenters. The first-order chi connectivity index (χ1) is 7.95. The van der Waals surface area contributed by atoms with Crippen molar-refractivity contribution < 1.29 is 0 Å². The zero-order chi connectivity index (χ0) is 12.5. The van der Waals surface area contributed by atoms with E-state index in [-0.39, 0.29) is 5.41 Å². The first-order valence-electron chi connectivity index (χ1n) is 6.62. The van der Waals surface area contributed by atoms with E-state index in [4.69, 9.17) is 4.98 Å². The summed E-state index contributed by atoms with van der Waals surface area (Å²) in [5, 5.41) is 3.51. The summed E-state index contributed by atoms with van der Waals surface area (Å²) in [5.41, 5.74) is 1.42. The summed E-state index contributed by atoms with van der Waals surface area (Å²) >= 11 is 1.82. The fourth-order valence-corrected chi connectivity index (χ4v) is 3.41. The third kappa shape index (κ3) is 3.52. The van der Waals surface area contributed by atoms with Gasteiger partial charge >= 0.3 is 0 Å². The summed E-state index contributed by atoms with van der Waals surface area (Å²) < 4.78 is 0. The molecule has 1 aromatic heterocycles. The second-order valence-corrected chi connectivity index (χ2v) is 7.30. The molecule has 0 spiro atoms. The van der Waals surface area contributed by atoms with Gasteiger partial charge in [-0.1, -0.05) is 27.7 Å². The summed E-state index contributed by atoms with van der Waals surface area (Å²) in [6.45, 7) is 12.6. The molecule has 96 valence electrons. The Balaban J connectivity index is 1.97. The lowest BCUT2D eigenvalue weighted by Gasteiger charge is -2.30. The number of nitrogens with zero attached hydrogens (tertiary/aromatic N) is 2. The van der Waals surface area contributed by atoms with Gasteiger partial charge in [0.15, 0.2) is 0 Å². The number of thiazole rings is 1. The number of piperidine rings is 1. The number of hydrogen-bond donors (Lipinski definition) is 0. The van der Waals surface area contributed by atoms with Crippen molar-refractivity contribution in [2.24, 2.45) is 5.92 Å². The van der Waals surface area contributed by atoms with Crippen LogP contribution >= 0.6 is 11.3 Å². The van der Waals surface area contributed by atoms with Gasteiger partial charge in [-0.3, -0.25) is 4.90 Å². The third-order valence-corrected chi connectivity index (χ3v) is 4.25. The highest BCUT2D eigenvalue weighted by molar-refractivity contribution is 7.09. The van der Waals surface area contributed by atoms with E-state index in [1.807, 2.05) is 11.3 Å². The van der Waals surface area contributed by atoms with Crippen LogP contribution in [0.3, 0.4) is 0 Å². The Bertz CT molecular complexity index is 365. The van der Waals surface area contributed by atoms with E-state index in [2.05, 4.69) is 38.0 Å². The van der Waals surface area contributed by atoms with Crippen molar-refractivity contribution in [3.05, 3.63) is 16.1 Å². The third-order valence-electron chi connectivity index (χ3n) is 3.42. The Kier molecular flexibility index (Phi) is 3.88. The lowest BCUT2D eigenvalue weighted by Crippen LogP contribution is -2.33. The molecule has 1 atom stereocenters. The van der Waals surface area contributed by atoms with Crippen molar-refractivity contribution >= 4 is 11.3 Å². The lowest BCUT2D eigenvalue weighted by molar-refractivity contribution is 0.176. The van der Waals surface area contributed by atoms with Gasteiger partial charge in [0.25, 0.3) is 0 Å². The Morgan fingerprint density at radius 1 is 1.47 bits per heavy atom. The van der Waals surface area contributed by atoms with Crippen molar-refractivity contribution in [2.45, 2.75) is 52.5 Å². The number of aromatic nitrogens is 1. The monoisotopic (exact) mass is 252 g/mol. The fraction of sp³-hybridized carbons (Fsp3) is 0.786. The van der Waals surface area contributed by atoms with E-state index >= 15 is 0 Å². The SMILES string of the molecule is CC1CCCN(Cc2nc(C(C)(C)C)cs2)C1. The molecule has 2 rings (SSSR count). The van der Waals surface area contributed by atoms with Gasteiger partial charge in [-0.25, -0.2) is 4.98 Å². The molecular formula is C14H24N2S. The molecule has 2 nitrogen and oxygen atoms in total. The second kappa shape index (κ2) is 5.07. The molecule has 17 heavy (non-hydrogen) atoms. The predicted molar refractivity (Wildman–Crippen MR) is 74.5 cm³/mol. The first kappa shape index (κ1) is 13.0. The van der Waals surface area contributed by atoms with Crippen LogP contribution in [0.5, 0.6) is 0 Å². The van der Waals surface area contributed by atoms with Crippen LogP contribution in [0, 0.1) is 5.92 Å². The van der Waals surface area contributed by atoms with Crippen molar-refractivity contribution in [2.75, 3.05) is 13.1 Å². The van der Waals surface area contributed by atoms with Gasteiger partial charge in [0.05, 0.1) is 12.2 Å². The zero-order valence-electron chi connectivity index (χ0n) is 11.5. The van der Waals surface area contributed by atoms with Crippen LogP contribution in [0.2, 0.25) is 0 Å². The molecule has 3 heteroatoms. The molecule has 0 bridgehead atoms. The van der Waals surface area contributed by atoms with Crippen LogP contribution < -0.4 is 0 Å². The minimum atomic E-state index is 0.184. The molecule has 2 heterocycles. The van der Waals surface area contributed by atoms with Gasteiger partial charge in [-0.15, -0.1) is 11.3 Å². The van der Waals surface area contributed by atoms with Crippen molar-refractivity contribution in [3.8, 4) is 0 Å². The van der Waals surface area contributed by atoms with Gasteiger partial charge in [0.1, 0.15) is 5.01 Å². The molecule has 1 fully saturated rings. The average molecular weight is 252 g/mol. The summed E-state index contributed by atoms with van der Waals surface area (Å²) in [7, 11) is 0. The zero-order valence-corrected chi connectivity index (χ0v) is 12.3. The van der Waals surface area contributed by atoms with Crippen LogP contribution in [0.25, 0.3) is 0 Å². The highest BCUT2D eigenvalue weighted by atomic mass is 32.1. The first-order valence-corrected chi connectivity index (χ1v) is 7.50. The molecule has 0 N–H and O–H groups in total. The Hall–Kier alpha value is -0.410. The fourth-order valence-electron chi connectivity index (χ4n) is 2.35. The van der Waals surface area contributed by atoms with Crippen LogP contribution in [-0.4, -0.2) is 23.0 Å². The molecule has 0 aromatic carbocycles.